The van der Waals surface area contributed by atoms with Gasteiger partial charge in [-0.3, -0.25) is 0 Å². The molecule has 0 heterocycles. The monoisotopic (exact) mass is 416 g/mol. The van der Waals surface area contributed by atoms with Gasteiger partial charge in [0.05, 0.1) is 0 Å². The SMILES string of the molecule is OI(O)[IH]I. The molecule has 0 saturated heterocycles. The summed E-state index contributed by atoms with van der Waals surface area (Å²) in [7, 11) is 0. The third-order valence-corrected chi connectivity index (χ3v) is 15.7. The van der Waals surface area contributed by atoms with Crippen LogP contribution in [0.5, 0.6) is 0 Å². The van der Waals surface area contributed by atoms with E-state index in [0.29, 0.717) is 0 Å². The fourth-order valence-electron chi connectivity index (χ4n) is 0. The van der Waals surface area contributed by atoms with Gasteiger partial charge < -0.3 is 0 Å². The summed E-state index contributed by atoms with van der Waals surface area (Å²) in [4.78, 5) is 0. The molecule has 0 aromatic heterocycles. The molecule has 0 radical (unpaired) electrons. The van der Waals surface area contributed by atoms with Gasteiger partial charge in [-0.2, -0.15) is 0 Å². The van der Waals surface area contributed by atoms with Crippen molar-refractivity contribution in [2.24, 2.45) is 0 Å². The van der Waals surface area contributed by atoms with Crippen LogP contribution in [0.2, 0.25) is 0 Å². The van der Waals surface area contributed by atoms with Crippen LogP contribution in [0.4, 0.5) is 0 Å². The molecule has 2 nitrogen and oxygen atoms in total. The third kappa shape index (κ3) is 6.11. The number of hydrogen-bond donors (Lipinski definition) is 2. The van der Waals surface area contributed by atoms with Gasteiger partial charge >= 0.3 is 55.4 Å². The van der Waals surface area contributed by atoms with Crippen LogP contribution < -0.4 is 0 Å². The molecule has 0 atom stereocenters. The molecule has 0 rings (SSSR count). The molecule has 5 heteroatoms. The Morgan fingerprint density at radius 2 is 1.80 bits per heavy atom. The number of rotatable bonds is 1. The zero-order chi connectivity index (χ0) is 4.28. The summed E-state index contributed by atoms with van der Waals surface area (Å²) in [6.07, 6.45) is 0. The van der Waals surface area contributed by atoms with Gasteiger partial charge in [-0.05, 0) is 0 Å². The molecule has 0 fully saturated rings. The average Bonchev–Trinajstić information content (AvgIpc) is 1.38. The first-order valence-corrected chi connectivity index (χ1v) is 16.2. The van der Waals surface area contributed by atoms with Gasteiger partial charge in [-0.25, -0.2) is 0 Å². The zero-order valence-corrected chi connectivity index (χ0v) is 8.70. The molecule has 0 aromatic carbocycles. The minimum absolute atomic E-state index is 0.352. The molecular weight excluding hydrogens is 413 g/mol. The Kier molecular flexibility index (Phi) is 6.08. The summed E-state index contributed by atoms with van der Waals surface area (Å²) in [5, 5.41) is 0. The molecule has 36 valence electrons. The Hall–Kier alpha value is 2.11. The standard InChI is InChI=1S/H3I3O2/c1-2-3(4)5/h2,4-5H. The number of halogens is 3. The maximum absolute atomic E-state index is 8.12. The number of hydrogen-bond acceptors (Lipinski definition) is 2. The molecule has 0 aliphatic heterocycles. The fraction of sp³-hybridized carbons (Fsp3) is 0. The van der Waals surface area contributed by atoms with Crippen molar-refractivity contribution < 1.29 is 6.87 Å². The van der Waals surface area contributed by atoms with Crippen molar-refractivity contribution in [2.45, 2.75) is 0 Å². The van der Waals surface area contributed by atoms with E-state index in [0.717, 1.165) is 0 Å². The normalized spacial score (nSPS) is 12.2. The first-order chi connectivity index (χ1) is 2.27. The Morgan fingerprint density at radius 1 is 1.60 bits per heavy atom. The quantitative estimate of drug-likeness (QED) is 0.634. The van der Waals surface area contributed by atoms with Crippen LogP contribution in [0.3, 0.4) is 0 Å². The van der Waals surface area contributed by atoms with E-state index in [-0.39, 0.29) is 13.3 Å². The first kappa shape index (κ1) is 7.11. The molecular formula is H3I3O2. The Labute approximate surface area is 54.3 Å². The van der Waals surface area contributed by atoms with Crippen LogP contribution in [-0.4, -0.2) is 6.87 Å². The zero-order valence-electron chi connectivity index (χ0n) is 2.06. The van der Waals surface area contributed by atoms with Crippen LogP contribution in [0.15, 0.2) is 0 Å². The maximum atomic E-state index is 8.12. The van der Waals surface area contributed by atoms with E-state index < -0.39 is 16.7 Å². The molecule has 0 spiro atoms. The van der Waals surface area contributed by atoms with E-state index >= 15 is 0 Å². The fourth-order valence-corrected chi connectivity index (χ4v) is 0. The van der Waals surface area contributed by atoms with Crippen molar-refractivity contribution in [2.75, 3.05) is 0 Å². The average molecular weight is 416 g/mol. The van der Waals surface area contributed by atoms with Crippen molar-refractivity contribution >= 4 is 48.5 Å². The summed E-state index contributed by atoms with van der Waals surface area (Å²) in [5.41, 5.74) is 0. The molecule has 0 aromatic rings. The van der Waals surface area contributed by atoms with Crippen molar-refractivity contribution in [1.29, 1.82) is 0 Å². The molecule has 0 unspecified atom stereocenters. The van der Waals surface area contributed by atoms with E-state index in [9.17, 15) is 0 Å². The van der Waals surface area contributed by atoms with Gasteiger partial charge in [0.2, 0.25) is 0 Å². The second-order valence-electron chi connectivity index (χ2n) is 0.272. The Bertz CT molecular complexity index is 18.9. The summed E-state index contributed by atoms with van der Waals surface area (Å²) in [6, 6.07) is 0. The van der Waals surface area contributed by atoms with Crippen molar-refractivity contribution in [3.63, 3.8) is 0 Å². The molecule has 0 saturated carbocycles. The van der Waals surface area contributed by atoms with Crippen LogP contribution in [-0.2, 0) is 0 Å². The molecule has 0 aliphatic rings. The summed E-state index contributed by atoms with van der Waals surface area (Å²) < 4.78 is 16.2. The molecule has 0 bridgehead atoms. The van der Waals surface area contributed by atoms with Crippen LogP contribution >= 0.6 is 48.5 Å². The van der Waals surface area contributed by atoms with Gasteiger partial charge in [-0.1, -0.05) is 0 Å². The molecule has 2 N–H and O–H groups in total. The van der Waals surface area contributed by atoms with Crippen LogP contribution in [0, 0.1) is 0 Å². The van der Waals surface area contributed by atoms with Crippen molar-refractivity contribution in [3.05, 3.63) is 0 Å². The molecule has 5 heavy (non-hydrogen) atoms. The van der Waals surface area contributed by atoms with E-state index in [1.54, 1.807) is 0 Å². The van der Waals surface area contributed by atoms with E-state index in [2.05, 4.69) is 18.6 Å². The molecule has 0 amide bonds. The topological polar surface area (TPSA) is 40.5 Å². The first-order valence-electron chi connectivity index (χ1n) is 0.647. The Morgan fingerprint density at radius 3 is 1.80 bits per heavy atom. The van der Waals surface area contributed by atoms with Crippen molar-refractivity contribution in [3.8, 4) is 0 Å². The van der Waals surface area contributed by atoms with E-state index in [1.807, 2.05) is 0 Å². The predicted octanol–water partition coefficient (Wildman–Crippen LogP) is 1.28. The molecule has 0 aliphatic carbocycles. The van der Waals surface area contributed by atoms with Gasteiger partial charge in [0, 0.05) is 0 Å². The Balaban J connectivity index is 2.54. The van der Waals surface area contributed by atoms with Gasteiger partial charge in [-0.15, -0.1) is 0 Å². The van der Waals surface area contributed by atoms with Gasteiger partial charge in [0.25, 0.3) is 0 Å². The summed E-state index contributed by atoms with van der Waals surface area (Å²) >= 11 is -0.441. The third-order valence-electron chi connectivity index (χ3n) is 0.0522. The van der Waals surface area contributed by atoms with Crippen LogP contribution in [0.1, 0.15) is 0 Å². The van der Waals surface area contributed by atoms with E-state index in [1.165, 1.54) is 0 Å². The summed E-state index contributed by atoms with van der Waals surface area (Å²) in [6.45, 7) is 0. The second kappa shape index (κ2) is 4.27. The second-order valence-corrected chi connectivity index (χ2v) is 24.3. The summed E-state index contributed by atoms with van der Waals surface area (Å²) in [5.74, 6) is 0. The minimum atomic E-state index is -2.17. The van der Waals surface area contributed by atoms with Crippen LogP contribution in [0.25, 0.3) is 0 Å². The van der Waals surface area contributed by atoms with Crippen molar-refractivity contribution in [1.82, 2.24) is 0 Å². The van der Waals surface area contributed by atoms with E-state index in [4.69, 9.17) is 6.87 Å². The van der Waals surface area contributed by atoms with Gasteiger partial charge in [0.1, 0.15) is 0 Å². The van der Waals surface area contributed by atoms with Gasteiger partial charge in [0.15, 0.2) is 0 Å². The predicted molar refractivity (Wildman–Crippen MR) is 47.9 cm³/mol.